The quantitative estimate of drug-likeness (QED) is 0.300. The van der Waals surface area contributed by atoms with Crippen LogP contribution in [-0.2, 0) is 9.84 Å². The lowest BCUT2D eigenvalue weighted by Crippen LogP contribution is -2.43. The van der Waals surface area contributed by atoms with Crippen LogP contribution in [0.3, 0.4) is 0 Å². The summed E-state index contributed by atoms with van der Waals surface area (Å²) in [7, 11) is -2.95. The summed E-state index contributed by atoms with van der Waals surface area (Å²) in [6, 6.07) is 4.08. The van der Waals surface area contributed by atoms with Crippen molar-refractivity contribution >= 4 is 39.8 Å². The van der Waals surface area contributed by atoms with Crippen LogP contribution >= 0.6 is 24.0 Å². The topological polar surface area (TPSA) is 86.9 Å². The number of furan rings is 1. The second kappa shape index (κ2) is 11.9. The first kappa shape index (κ1) is 24.2. The van der Waals surface area contributed by atoms with Crippen molar-refractivity contribution in [1.82, 2.24) is 15.5 Å². The van der Waals surface area contributed by atoms with Gasteiger partial charge in [-0.3, -0.25) is 9.89 Å². The molecular weight excluding hydrogens is 479 g/mol. The van der Waals surface area contributed by atoms with Crippen LogP contribution in [0.2, 0.25) is 0 Å². The van der Waals surface area contributed by atoms with Crippen LogP contribution in [0.15, 0.2) is 27.8 Å². The first-order valence-corrected chi connectivity index (χ1v) is 11.4. The lowest BCUT2D eigenvalue weighted by atomic mass is 10.2. The van der Waals surface area contributed by atoms with Crippen LogP contribution in [0.25, 0.3) is 0 Å². The molecule has 1 aromatic rings. The zero-order chi connectivity index (χ0) is 19.0. The molecule has 0 spiro atoms. The maximum absolute atomic E-state index is 11.4. The van der Waals surface area contributed by atoms with Gasteiger partial charge in [0.2, 0.25) is 0 Å². The van der Waals surface area contributed by atoms with Gasteiger partial charge in [-0.2, -0.15) is 0 Å². The van der Waals surface area contributed by atoms with E-state index in [0.717, 1.165) is 25.4 Å². The minimum Gasteiger partial charge on any atom is -0.468 e. The number of aliphatic imine (C=N–C) groups is 1. The van der Waals surface area contributed by atoms with Crippen LogP contribution in [-0.4, -0.2) is 63.5 Å². The summed E-state index contributed by atoms with van der Waals surface area (Å²) in [5.74, 6) is 1.82. The van der Waals surface area contributed by atoms with Gasteiger partial charge in [0, 0.05) is 18.8 Å². The minimum atomic E-state index is -2.95. The van der Waals surface area contributed by atoms with E-state index in [1.807, 2.05) is 26.0 Å². The average molecular weight is 512 g/mol. The van der Waals surface area contributed by atoms with E-state index in [1.54, 1.807) is 6.26 Å². The van der Waals surface area contributed by atoms with Crippen molar-refractivity contribution in [2.24, 2.45) is 4.99 Å². The van der Waals surface area contributed by atoms with E-state index in [9.17, 15) is 8.42 Å². The molecule has 1 fully saturated rings. The zero-order valence-corrected chi connectivity index (χ0v) is 19.6. The lowest BCUT2D eigenvalue weighted by Gasteiger charge is -2.25. The SMILES string of the molecule is CCNC(=NCC(c1ccco1)N1CCCC1)NC(C)CCS(C)(=O)=O.I. The molecule has 7 nitrogen and oxygen atoms in total. The molecule has 0 radical (unpaired) electrons. The molecule has 2 atom stereocenters. The Bertz CT molecular complexity index is 658. The second-order valence-corrected chi connectivity index (χ2v) is 9.22. The van der Waals surface area contributed by atoms with Gasteiger partial charge in [-0.15, -0.1) is 24.0 Å². The minimum absolute atomic E-state index is 0. The first-order valence-electron chi connectivity index (χ1n) is 9.39. The number of hydrogen-bond acceptors (Lipinski definition) is 5. The van der Waals surface area contributed by atoms with E-state index >= 15 is 0 Å². The number of guanidine groups is 1. The highest BCUT2D eigenvalue weighted by molar-refractivity contribution is 14.0. The Hall–Kier alpha value is -0.810. The summed E-state index contributed by atoms with van der Waals surface area (Å²) < 4.78 is 28.3. The molecule has 1 aliphatic rings. The van der Waals surface area contributed by atoms with Crippen molar-refractivity contribution in [3.63, 3.8) is 0 Å². The molecule has 1 aromatic heterocycles. The number of likely N-dealkylation sites (tertiary alicyclic amines) is 1. The van der Waals surface area contributed by atoms with Gasteiger partial charge in [0.15, 0.2) is 5.96 Å². The van der Waals surface area contributed by atoms with E-state index in [-0.39, 0.29) is 41.8 Å². The smallest absolute Gasteiger partial charge is 0.191 e. The van der Waals surface area contributed by atoms with E-state index in [1.165, 1.54) is 19.1 Å². The maximum atomic E-state index is 11.4. The van der Waals surface area contributed by atoms with Crippen molar-refractivity contribution in [1.29, 1.82) is 0 Å². The lowest BCUT2D eigenvalue weighted by molar-refractivity contribution is 0.221. The molecule has 2 unspecified atom stereocenters. The molecule has 0 amide bonds. The molecule has 2 rings (SSSR count). The summed E-state index contributed by atoms with van der Waals surface area (Å²) in [4.78, 5) is 7.16. The molecule has 0 aliphatic carbocycles. The van der Waals surface area contributed by atoms with Crippen molar-refractivity contribution in [3.05, 3.63) is 24.2 Å². The van der Waals surface area contributed by atoms with Crippen molar-refractivity contribution < 1.29 is 12.8 Å². The molecule has 1 saturated heterocycles. The Labute approximate surface area is 180 Å². The normalized spacial score (nSPS) is 18.0. The number of rotatable bonds is 9. The Kier molecular flexibility index (Phi) is 10.7. The molecule has 0 saturated carbocycles. The van der Waals surface area contributed by atoms with Crippen LogP contribution in [0.5, 0.6) is 0 Å². The van der Waals surface area contributed by atoms with E-state index in [4.69, 9.17) is 9.41 Å². The fourth-order valence-corrected chi connectivity index (χ4v) is 3.90. The molecule has 156 valence electrons. The van der Waals surface area contributed by atoms with E-state index in [0.29, 0.717) is 18.9 Å². The molecule has 0 bridgehead atoms. The van der Waals surface area contributed by atoms with Crippen LogP contribution < -0.4 is 10.6 Å². The second-order valence-electron chi connectivity index (χ2n) is 6.96. The summed E-state index contributed by atoms with van der Waals surface area (Å²) >= 11 is 0. The Morgan fingerprint density at radius 1 is 1.37 bits per heavy atom. The van der Waals surface area contributed by atoms with Crippen LogP contribution in [0, 0.1) is 0 Å². The third kappa shape index (κ3) is 8.82. The Morgan fingerprint density at radius 2 is 2.07 bits per heavy atom. The number of halogens is 1. The summed E-state index contributed by atoms with van der Waals surface area (Å²) in [6.45, 7) is 7.47. The third-order valence-electron chi connectivity index (χ3n) is 4.52. The van der Waals surface area contributed by atoms with E-state index < -0.39 is 9.84 Å². The highest BCUT2D eigenvalue weighted by Crippen LogP contribution is 2.25. The van der Waals surface area contributed by atoms with Crippen LogP contribution in [0.1, 0.15) is 44.9 Å². The summed E-state index contributed by atoms with van der Waals surface area (Å²) in [5, 5.41) is 6.55. The van der Waals surface area contributed by atoms with Gasteiger partial charge >= 0.3 is 0 Å². The molecule has 2 N–H and O–H groups in total. The van der Waals surface area contributed by atoms with Gasteiger partial charge in [0.05, 0.1) is 24.6 Å². The van der Waals surface area contributed by atoms with Crippen LogP contribution in [0.4, 0.5) is 0 Å². The summed E-state index contributed by atoms with van der Waals surface area (Å²) in [5.41, 5.74) is 0. The number of nitrogens with zero attached hydrogens (tertiary/aromatic N) is 2. The zero-order valence-electron chi connectivity index (χ0n) is 16.5. The van der Waals surface area contributed by atoms with Crippen molar-refractivity contribution in [2.45, 2.75) is 45.2 Å². The molecule has 1 aliphatic heterocycles. The van der Waals surface area contributed by atoms with Gasteiger partial charge in [-0.1, -0.05) is 0 Å². The van der Waals surface area contributed by atoms with E-state index in [2.05, 4.69) is 15.5 Å². The number of nitrogens with one attached hydrogen (secondary N) is 2. The Morgan fingerprint density at radius 3 is 2.63 bits per heavy atom. The molecule has 0 aromatic carbocycles. The average Bonchev–Trinajstić information content (AvgIpc) is 3.27. The first-order chi connectivity index (χ1) is 12.4. The van der Waals surface area contributed by atoms with Gasteiger partial charge in [-0.25, -0.2) is 8.42 Å². The van der Waals surface area contributed by atoms with Crippen molar-refractivity contribution in [3.8, 4) is 0 Å². The predicted molar refractivity (Wildman–Crippen MR) is 121 cm³/mol. The fourth-order valence-electron chi connectivity index (χ4n) is 3.11. The standard InChI is InChI=1S/C18H32N4O3S.HI/c1-4-19-18(21-15(2)9-13-26(3,23)24)20-14-16(17-8-7-12-25-17)22-10-5-6-11-22;/h7-8,12,15-16H,4-6,9-11,13-14H2,1-3H3,(H2,19,20,21);1H. The van der Waals surface area contributed by atoms with Gasteiger partial charge in [0.1, 0.15) is 15.6 Å². The fraction of sp³-hybridized carbons (Fsp3) is 0.722. The molecule has 9 heteroatoms. The monoisotopic (exact) mass is 512 g/mol. The highest BCUT2D eigenvalue weighted by atomic mass is 127. The van der Waals surface area contributed by atoms with Gasteiger partial charge < -0.3 is 15.1 Å². The number of hydrogen-bond donors (Lipinski definition) is 2. The van der Waals surface area contributed by atoms with Gasteiger partial charge in [-0.05, 0) is 58.3 Å². The highest BCUT2D eigenvalue weighted by Gasteiger charge is 2.25. The molecule has 27 heavy (non-hydrogen) atoms. The molecule has 2 heterocycles. The summed E-state index contributed by atoms with van der Waals surface area (Å²) in [6.07, 6.45) is 5.95. The predicted octanol–water partition coefficient (Wildman–Crippen LogP) is 2.41. The largest absolute Gasteiger partial charge is 0.468 e. The number of sulfone groups is 1. The van der Waals surface area contributed by atoms with Gasteiger partial charge in [0.25, 0.3) is 0 Å². The Balaban J connectivity index is 0.00000364. The van der Waals surface area contributed by atoms with Crippen molar-refractivity contribution in [2.75, 3.05) is 38.2 Å². The third-order valence-corrected chi connectivity index (χ3v) is 5.50. The molecular formula is C18H33IN4O3S. The maximum Gasteiger partial charge on any atom is 0.191 e.